The highest BCUT2D eigenvalue weighted by molar-refractivity contribution is 5.86. The Morgan fingerprint density at radius 1 is 1.47 bits per heavy atom. The van der Waals surface area contributed by atoms with Gasteiger partial charge in [0.2, 0.25) is 5.91 Å². The van der Waals surface area contributed by atoms with E-state index in [1.165, 1.54) is 0 Å². The Bertz CT molecular complexity index is 277. The Balaban J connectivity index is 2.52. The molecule has 0 aromatic carbocycles. The Hall–Kier alpha value is -0.900. The zero-order valence-electron chi connectivity index (χ0n) is 11.2. The average Bonchev–Trinajstić information content (AvgIpc) is 2.26. The van der Waals surface area contributed by atoms with E-state index in [1.54, 1.807) is 0 Å². The SMILES string of the molecule is CCN(CC(=O)NC(C)C)C1CCCCC1=O. The number of nitrogens with zero attached hydrogens (tertiary/aromatic N) is 1. The highest BCUT2D eigenvalue weighted by Crippen LogP contribution is 2.19. The van der Waals surface area contributed by atoms with Crippen molar-refractivity contribution in [2.75, 3.05) is 13.1 Å². The zero-order chi connectivity index (χ0) is 12.8. The van der Waals surface area contributed by atoms with Crippen molar-refractivity contribution in [3.63, 3.8) is 0 Å². The summed E-state index contributed by atoms with van der Waals surface area (Å²) in [6, 6.07) is 0.120. The molecule has 1 amide bonds. The Labute approximate surface area is 104 Å². The first kappa shape index (κ1) is 14.2. The number of ketones is 1. The second kappa shape index (κ2) is 6.74. The summed E-state index contributed by atoms with van der Waals surface area (Å²) in [5.41, 5.74) is 0. The van der Waals surface area contributed by atoms with Gasteiger partial charge in [0.25, 0.3) is 0 Å². The van der Waals surface area contributed by atoms with Crippen LogP contribution in [-0.4, -0.2) is 41.8 Å². The molecular weight excluding hydrogens is 216 g/mol. The predicted molar refractivity (Wildman–Crippen MR) is 67.8 cm³/mol. The van der Waals surface area contributed by atoms with Crippen LogP contribution in [0.1, 0.15) is 46.5 Å². The smallest absolute Gasteiger partial charge is 0.234 e. The van der Waals surface area contributed by atoms with Crippen LogP contribution in [0.25, 0.3) is 0 Å². The van der Waals surface area contributed by atoms with Crippen LogP contribution >= 0.6 is 0 Å². The molecule has 1 N–H and O–H groups in total. The highest BCUT2D eigenvalue weighted by Gasteiger charge is 2.28. The molecule has 1 rings (SSSR count). The minimum atomic E-state index is -0.0355. The molecule has 1 fully saturated rings. The van der Waals surface area contributed by atoms with Crippen molar-refractivity contribution in [1.82, 2.24) is 10.2 Å². The van der Waals surface area contributed by atoms with E-state index >= 15 is 0 Å². The van der Waals surface area contributed by atoms with Crippen LogP contribution in [0.4, 0.5) is 0 Å². The number of hydrogen-bond donors (Lipinski definition) is 1. The van der Waals surface area contributed by atoms with Crippen LogP contribution in [0.5, 0.6) is 0 Å². The molecule has 4 nitrogen and oxygen atoms in total. The van der Waals surface area contributed by atoms with Crippen LogP contribution < -0.4 is 5.32 Å². The summed E-state index contributed by atoms with van der Waals surface area (Å²) in [5.74, 6) is 0.315. The van der Waals surface area contributed by atoms with E-state index in [0.29, 0.717) is 18.7 Å². The van der Waals surface area contributed by atoms with Crippen LogP contribution in [0, 0.1) is 0 Å². The van der Waals surface area contributed by atoms with Gasteiger partial charge in [-0.3, -0.25) is 14.5 Å². The zero-order valence-corrected chi connectivity index (χ0v) is 11.2. The molecule has 0 heterocycles. The van der Waals surface area contributed by atoms with Crippen LogP contribution in [0.15, 0.2) is 0 Å². The van der Waals surface area contributed by atoms with Crippen molar-refractivity contribution in [2.24, 2.45) is 0 Å². The molecule has 1 aliphatic rings. The first-order valence-electron chi connectivity index (χ1n) is 6.60. The Kier molecular flexibility index (Phi) is 5.62. The molecule has 17 heavy (non-hydrogen) atoms. The van der Waals surface area contributed by atoms with Crippen molar-refractivity contribution >= 4 is 11.7 Å². The first-order chi connectivity index (χ1) is 8.04. The van der Waals surface area contributed by atoms with Crippen LogP contribution in [0.3, 0.4) is 0 Å². The van der Waals surface area contributed by atoms with E-state index in [4.69, 9.17) is 0 Å². The third-order valence-electron chi connectivity index (χ3n) is 3.17. The van der Waals surface area contributed by atoms with Gasteiger partial charge in [-0.15, -0.1) is 0 Å². The number of amides is 1. The molecular formula is C13H24N2O2. The van der Waals surface area contributed by atoms with E-state index in [1.807, 2.05) is 25.7 Å². The van der Waals surface area contributed by atoms with Gasteiger partial charge in [-0.1, -0.05) is 13.3 Å². The monoisotopic (exact) mass is 240 g/mol. The predicted octanol–water partition coefficient (Wildman–Crippen LogP) is 1.34. The Morgan fingerprint density at radius 2 is 2.18 bits per heavy atom. The lowest BCUT2D eigenvalue weighted by molar-refractivity contribution is -0.129. The molecule has 1 atom stereocenters. The molecule has 4 heteroatoms. The van der Waals surface area contributed by atoms with Gasteiger partial charge in [-0.05, 0) is 33.2 Å². The van der Waals surface area contributed by atoms with Crippen molar-refractivity contribution in [1.29, 1.82) is 0 Å². The van der Waals surface area contributed by atoms with Crippen molar-refractivity contribution in [3.05, 3.63) is 0 Å². The number of nitrogens with one attached hydrogen (secondary N) is 1. The van der Waals surface area contributed by atoms with Crippen molar-refractivity contribution in [2.45, 2.75) is 58.5 Å². The number of rotatable bonds is 5. The van der Waals surface area contributed by atoms with Crippen molar-refractivity contribution < 1.29 is 9.59 Å². The molecule has 0 bridgehead atoms. The standard InChI is InChI=1S/C13H24N2O2/c1-4-15(9-13(17)14-10(2)3)11-7-5-6-8-12(11)16/h10-11H,4-9H2,1-3H3,(H,14,17). The van der Waals surface area contributed by atoms with Gasteiger partial charge >= 0.3 is 0 Å². The second-order valence-corrected chi connectivity index (χ2v) is 5.01. The van der Waals surface area contributed by atoms with Crippen LogP contribution in [-0.2, 0) is 9.59 Å². The molecule has 0 radical (unpaired) electrons. The number of carbonyl (C=O) groups excluding carboxylic acids is 2. The molecule has 1 saturated carbocycles. The van der Waals surface area contributed by atoms with Crippen molar-refractivity contribution in [3.8, 4) is 0 Å². The summed E-state index contributed by atoms with van der Waals surface area (Å²) >= 11 is 0. The molecule has 1 aliphatic carbocycles. The molecule has 0 spiro atoms. The molecule has 0 aromatic heterocycles. The van der Waals surface area contributed by atoms with E-state index in [9.17, 15) is 9.59 Å². The molecule has 0 aliphatic heterocycles. The number of Topliss-reactive ketones (excluding diaryl/α,β-unsaturated/α-hetero) is 1. The number of carbonyl (C=O) groups is 2. The number of hydrogen-bond acceptors (Lipinski definition) is 3. The lowest BCUT2D eigenvalue weighted by Crippen LogP contribution is -2.48. The Morgan fingerprint density at radius 3 is 2.71 bits per heavy atom. The average molecular weight is 240 g/mol. The largest absolute Gasteiger partial charge is 0.353 e. The van der Waals surface area contributed by atoms with E-state index < -0.39 is 0 Å². The highest BCUT2D eigenvalue weighted by atomic mass is 16.2. The minimum absolute atomic E-state index is 0.0141. The minimum Gasteiger partial charge on any atom is -0.353 e. The fraction of sp³-hybridized carbons (Fsp3) is 0.846. The van der Waals surface area contributed by atoms with Gasteiger partial charge in [-0.2, -0.15) is 0 Å². The topological polar surface area (TPSA) is 49.4 Å². The fourth-order valence-corrected chi connectivity index (χ4v) is 2.35. The van der Waals surface area contributed by atoms with Gasteiger partial charge in [0.1, 0.15) is 5.78 Å². The molecule has 98 valence electrons. The molecule has 0 saturated heterocycles. The fourth-order valence-electron chi connectivity index (χ4n) is 2.35. The third-order valence-corrected chi connectivity index (χ3v) is 3.17. The summed E-state index contributed by atoms with van der Waals surface area (Å²) in [5, 5.41) is 2.87. The van der Waals surface area contributed by atoms with Gasteiger partial charge in [0, 0.05) is 12.5 Å². The van der Waals surface area contributed by atoms with E-state index in [0.717, 1.165) is 25.8 Å². The lowest BCUT2D eigenvalue weighted by atomic mass is 9.93. The maximum Gasteiger partial charge on any atom is 0.234 e. The quantitative estimate of drug-likeness (QED) is 0.789. The van der Waals surface area contributed by atoms with E-state index in [-0.39, 0.29) is 18.0 Å². The maximum atomic E-state index is 11.8. The van der Waals surface area contributed by atoms with Crippen LogP contribution in [0.2, 0.25) is 0 Å². The van der Waals surface area contributed by atoms with Gasteiger partial charge in [0.05, 0.1) is 12.6 Å². The van der Waals surface area contributed by atoms with Gasteiger partial charge in [0.15, 0.2) is 0 Å². The lowest BCUT2D eigenvalue weighted by Gasteiger charge is -2.31. The normalized spacial score (nSPS) is 21.0. The van der Waals surface area contributed by atoms with Gasteiger partial charge < -0.3 is 5.32 Å². The first-order valence-corrected chi connectivity index (χ1v) is 6.60. The summed E-state index contributed by atoms with van der Waals surface area (Å²) in [6.45, 7) is 6.98. The number of likely N-dealkylation sites (N-methyl/N-ethyl adjacent to an activating group) is 1. The van der Waals surface area contributed by atoms with Gasteiger partial charge in [-0.25, -0.2) is 0 Å². The summed E-state index contributed by atoms with van der Waals surface area (Å²) in [4.78, 5) is 25.5. The second-order valence-electron chi connectivity index (χ2n) is 5.01. The summed E-state index contributed by atoms with van der Waals surface area (Å²) in [6.07, 6.45) is 3.68. The van der Waals surface area contributed by atoms with E-state index in [2.05, 4.69) is 5.32 Å². The molecule has 1 unspecified atom stereocenters. The summed E-state index contributed by atoms with van der Waals surface area (Å²) in [7, 11) is 0. The molecule has 0 aromatic rings. The third kappa shape index (κ3) is 4.46. The maximum absolute atomic E-state index is 11.8. The summed E-state index contributed by atoms with van der Waals surface area (Å²) < 4.78 is 0.